The summed E-state index contributed by atoms with van der Waals surface area (Å²) in [5, 5.41) is 7.01. The highest BCUT2D eigenvalue weighted by atomic mass is 32.1. The molecule has 25 heavy (non-hydrogen) atoms. The van der Waals surface area contributed by atoms with Gasteiger partial charge in [-0.3, -0.25) is 4.79 Å². The van der Waals surface area contributed by atoms with Crippen molar-refractivity contribution < 1.29 is 4.79 Å². The van der Waals surface area contributed by atoms with Gasteiger partial charge < -0.3 is 15.5 Å². The largest absolute Gasteiger partial charge is 0.356 e. The molecule has 1 fully saturated rings. The highest BCUT2D eigenvalue weighted by Crippen LogP contribution is 2.16. The van der Waals surface area contributed by atoms with E-state index in [0.29, 0.717) is 5.11 Å². The molecule has 0 aliphatic carbocycles. The molecule has 0 spiro atoms. The summed E-state index contributed by atoms with van der Waals surface area (Å²) in [6.07, 6.45) is 2.20. The molecule has 5 heteroatoms. The van der Waals surface area contributed by atoms with Crippen LogP contribution in [0.2, 0.25) is 0 Å². The van der Waals surface area contributed by atoms with Crippen molar-refractivity contribution in [3.05, 3.63) is 65.7 Å². The van der Waals surface area contributed by atoms with Crippen molar-refractivity contribution >= 4 is 28.9 Å². The number of rotatable bonds is 4. The van der Waals surface area contributed by atoms with E-state index < -0.39 is 0 Å². The molecule has 1 atom stereocenters. The molecule has 1 aliphatic rings. The topological polar surface area (TPSA) is 44.4 Å². The van der Waals surface area contributed by atoms with Crippen LogP contribution in [-0.2, 0) is 0 Å². The number of benzene rings is 2. The van der Waals surface area contributed by atoms with E-state index in [1.807, 2.05) is 47.4 Å². The Kier molecular flexibility index (Phi) is 5.66. The lowest BCUT2D eigenvalue weighted by atomic mass is 10.1. The zero-order valence-corrected chi connectivity index (χ0v) is 15.2. The van der Waals surface area contributed by atoms with Crippen LogP contribution in [-0.4, -0.2) is 29.0 Å². The van der Waals surface area contributed by atoms with E-state index in [2.05, 4.69) is 29.7 Å². The maximum atomic E-state index is 12.4. The Balaban J connectivity index is 1.55. The molecule has 1 unspecified atom stereocenters. The van der Waals surface area contributed by atoms with Gasteiger partial charge in [0.25, 0.3) is 5.91 Å². The quantitative estimate of drug-likeness (QED) is 0.817. The Morgan fingerprint density at radius 1 is 1.04 bits per heavy atom. The van der Waals surface area contributed by atoms with E-state index in [1.54, 1.807) is 0 Å². The lowest BCUT2D eigenvalue weighted by Gasteiger charge is -2.18. The van der Waals surface area contributed by atoms with Gasteiger partial charge in [0.05, 0.1) is 6.04 Å². The van der Waals surface area contributed by atoms with E-state index >= 15 is 0 Å². The second-order valence-electron chi connectivity index (χ2n) is 6.31. The molecule has 0 saturated carbocycles. The van der Waals surface area contributed by atoms with E-state index in [-0.39, 0.29) is 11.9 Å². The molecular formula is C20H23N3OS. The summed E-state index contributed by atoms with van der Waals surface area (Å²) in [5.41, 5.74) is 2.78. The molecule has 0 aromatic heterocycles. The minimum Gasteiger partial charge on any atom is -0.356 e. The first-order valence-electron chi connectivity index (χ1n) is 8.65. The van der Waals surface area contributed by atoms with Gasteiger partial charge in [-0.2, -0.15) is 0 Å². The average molecular weight is 353 g/mol. The highest BCUT2D eigenvalue weighted by molar-refractivity contribution is 7.80. The van der Waals surface area contributed by atoms with E-state index in [1.165, 1.54) is 5.56 Å². The lowest BCUT2D eigenvalue weighted by Crippen LogP contribution is -2.31. The SMILES string of the molecule is CC(NC(=S)Nc1ccc(C(=O)N2CCCC2)cc1)c1ccccc1. The van der Waals surface area contributed by atoms with E-state index in [9.17, 15) is 4.79 Å². The van der Waals surface area contributed by atoms with Crippen molar-refractivity contribution in [1.82, 2.24) is 10.2 Å². The number of anilines is 1. The average Bonchev–Trinajstić information content (AvgIpc) is 3.17. The van der Waals surface area contributed by atoms with Crippen LogP contribution < -0.4 is 10.6 Å². The monoisotopic (exact) mass is 353 g/mol. The normalized spacial score (nSPS) is 14.8. The third-order valence-corrected chi connectivity index (χ3v) is 4.65. The first-order valence-corrected chi connectivity index (χ1v) is 9.06. The van der Waals surface area contributed by atoms with Gasteiger partial charge in [0.15, 0.2) is 5.11 Å². The maximum absolute atomic E-state index is 12.4. The van der Waals surface area contributed by atoms with Gasteiger partial charge >= 0.3 is 0 Å². The number of amides is 1. The number of carbonyl (C=O) groups is 1. The van der Waals surface area contributed by atoms with Crippen LogP contribution >= 0.6 is 12.2 Å². The Morgan fingerprint density at radius 3 is 2.32 bits per heavy atom. The van der Waals surface area contributed by atoms with Crippen LogP contribution in [0.15, 0.2) is 54.6 Å². The molecule has 2 aromatic carbocycles. The summed E-state index contributed by atoms with van der Waals surface area (Å²) >= 11 is 5.39. The molecule has 130 valence electrons. The van der Waals surface area contributed by atoms with Gasteiger partial charge in [-0.1, -0.05) is 30.3 Å². The standard InChI is InChI=1S/C20H23N3OS/c1-15(16-7-3-2-4-8-16)21-20(25)22-18-11-9-17(10-12-18)19(24)23-13-5-6-14-23/h2-4,7-12,15H,5-6,13-14H2,1H3,(H2,21,22,25). The van der Waals surface area contributed by atoms with E-state index in [4.69, 9.17) is 12.2 Å². The van der Waals surface area contributed by atoms with Crippen molar-refractivity contribution in [3.63, 3.8) is 0 Å². The third-order valence-electron chi connectivity index (χ3n) is 4.43. The van der Waals surface area contributed by atoms with Crippen molar-refractivity contribution in [1.29, 1.82) is 0 Å². The van der Waals surface area contributed by atoms with Gasteiger partial charge in [0.2, 0.25) is 0 Å². The number of thiocarbonyl (C=S) groups is 1. The van der Waals surface area contributed by atoms with Gasteiger partial charge in [0.1, 0.15) is 0 Å². The van der Waals surface area contributed by atoms with Crippen LogP contribution in [0.4, 0.5) is 5.69 Å². The van der Waals surface area contributed by atoms with Crippen LogP contribution in [0.3, 0.4) is 0 Å². The minimum absolute atomic E-state index is 0.113. The number of nitrogens with zero attached hydrogens (tertiary/aromatic N) is 1. The summed E-state index contributed by atoms with van der Waals surface area (Å²) in [6, 6.07) is 17.8. The second kappa shape index (κ2) is 8.12. The molecule has 0 bridgehead atoms. The molecule has 1 heterocycles. The molecule has 0 radical (unpaired) electrons. The third kappa shape index (κ3) is 4.57. The summed E-state index contributed by atoms with van der Waals surface area (Å²) in [6.45, 7) is 3.80. The van der Waals surface area contributed by atoms with Crippen molar-refractivity contribution in [3.8, 4) is 0 Å². The smallest absolute Gasteiger partial charge is 0.253 e. The first-order chi connectivity index (χ1) is 12.1. The van der Waals surface area contributed by atoms with Gasteiger partial charge in [-0.15, -0.1) is 0 Å². The second-order valence-corrected chi connectivity index (χ2v) is 6.72. The summed E-state index contributed by atoms with van der Waals surface area (Å²) in [7, 11) is 0. The zero-order chi connectivity index (χ0) is 17.6. The Bertz CT molecular complexity index is 724. The van der Waals surface area contributed by atoms with Gasteiger partial charge in [-0.25, -0.2) is 0 Å². The Hall–Kier alpha value is -2.40. The molecule has 1 aliphatic heterocycles. The van der Waals surface area contributed by atoms with Gasteiger partial charge in [0, 0.05) is 24.3 Å². The van der Waals surface area contributed by atoms with Crippen LogP contribution in [0.5, 0.6) is 0 Å². The zero-order valence-electron chi connectivity index (χ0n) is 14.4. The molecular weight excluding hydrogens is 330 g/mol. The number of likely N-dealkylation sites (tertiary alicyclic amines) is 1. The summed E-state index contributed by atoms with van der Waals surface area (Å²) < 4.78 is 0. The summed E-state index contributed by atoms with van der Waals surface area (Å²) in [4.78, 5) is 14.3. The van der Waals surface area contributed by atoms with E-state index in [0.717, 1.165) is 37.2 Å². The fraction of sp³-hybridized carbons (Fsp3) is 0.300. The minimum atomic E-state index is 0.113. The lowest BCUT2D eigenvalue weighted by molar-refractivity contribution is 0.0793. The highest BCUT2D eigenvalue weighted by Gasteiger charge is 2.19. The maximum Gasteiger partial charge on any atom is 0.253 e. The number of nitrogens with one attached hydrogen (secondary N) is 2. The predicted molar refractivity (Wildman–Crippen MR) is 106 cm³/mol. The van der Waals surface area contributed by atoms with Crippen LogP contribution in [0.1, 0.15) is 41.7 Å². The predicted octanol–water partition coefficient (Wildman–Crippen LogP) is 3.97. The first kappa shape index (κ1) is 17.4. The molecule has 4 nitrogen and oxygen atoms in total. The van der Waals surface area contributed by atoms with Crippen LogP contribution in [0, 0.1) is 0 Å². The number of hydrogen-bond acceptors (Lipinski definition) is 2. The number of hydrogen-bond donors (Lipinski definition) is 2. The van der Waals surface area contributed by atoms with Crippen molar-refractivity contribution in [2.75, 3.05) is 18.4 Å². The number of carbonyl (C=O) groups excluding carboxylic acids is 1. The fourth-order valence-electron chi connectivity index (χ4n) is 2.99. The Labute approximate surface area is 154 Å². The van der Waals surface area contributed by atoms with Gasteiger partial charge in [-0.05, 0) is 61.8 Å². The molecule has 2 N–H and O–H groups in total. The molecule has 3 rings (SSSR count). The van der Waals surface area contributed by atoms with Crippen LogP contribution in [0.25, 0.3) is 0 Å². The van der Waals surface area contributed by atoms with Crippen molar-refractivity contribution in [2.45, 2.75) is 25.8 Å². The fourth-order valence-corrected chi connectivity index (χ4v) is 3.28. The summed E-state index contributed by atoms with van der Waals surface area (Å²) in [5.74, 6) is 0.113. The molecule has 2 aromatic rings. The molecule has 1 amide bonds. The molecule has 1 saturated heterocycles. The van der Waals surface area contributed by atoms with Crippen molar-refractivity contribution in [2.24, 2.45) is 0 Å². The Morgan fingerprint density at radius 2 is 1.68 bits per heavy atom.